The summed E-state index contributed by atoms with van der Waals surface area (Å²) in [6.45, 7) is 1.97. The van der Waals surface area contributed by atoms with Gasteiger partial charge in [0, 0.05) is 25.6 Å². The molecule has 94 valence electrons. The number of hydrogen-bond acceptors (Lipinski definition) is 5. The van der Waals surface area contributed by atoms with Crippen molar-refractivity contribution in [2.45, 2.75) is 19.4 Å². The SMILES string of the molecule is COc1cccc(N(C)C(C)CC(N)=NO)n1. The van der Waals surface area contributed by atoms with Crippen LogP contribution >= 0.6 is 0 Å². The first-order chi connectivity index (χ1) is 8.08. The van der Waals surface area contributed by atoms with Gasteiger partial charge in [0.2, 0.25) is 5.88 Å². The van der Waals surface area contributed by atoms with Gasteiger partial charge in [-0.1, -0.05) is 11.2 Å². The first-order valence-electron chi connectivity index (χ1n) is 5.28. The number of aromatic nitrogens is 1. The van der Waals surface area contributed by atoms with Crippen LogP contribution in [0.5, 0.6) is 5.88 Å². The van der Waals surface area contributed by atoms with Gasteiger partial charge in [0.25, 0.3) is 0 Å². The Balaban J connectivity index is 2.77. The minimum atomic E-state index is 0.0745. The zero-order valence-corrected chi connectivity index (χ0v) is 10.3. The summed E-state index contributed by atoms with van der Waals surface area (Å²) < 4.78 is 5.06. The number of rotatable bonds is 5. The fourth-order valence-corrected chi connectivity index (χ4v) is 1.42. The van der Waals surface area contributed by atoms with Crippen LogP contribution < -0.4 is 15.4 Å². The molecule has 1 aromatic heterocycles. The van der Waals surface area contributed by atoms with Crippen LogP contribution in [0.2, 0.25) is 0 Å². The number of nitrogens with two attached hydrogens (primary N) is 1. The molecule has 1 aromatic rings. The Morgan fingerprint density at radius 3 is 2.94 bits per heavy atom. The van der Waals surface area contributed by atoms with Crippen molar-refractivity contribution >= 4 is 11.7 Å². The van der Waals surface area contributed by atoms with Crippen molar-refractivity contribution in [1.29, 1.82) is 0 Å². The third-order valence-corrected chi connectivity index (χ3v) is 2.57. The molecular formula is C11H18N4O2. The number of ether oxygens (including phenoxy) is 1. The maximum absolute atomic E-state index is 8.53. The maximum Gasteiger partial charge on any atom is 0.214 e. The Bertz CT molecular complexity index is 395. The number of nitrogens with zero attached hydrogens (tertiary/aromatic N) is 3. The number of hydrogen-bond donors (Lipinski definition) is 2. The van der Waals surface area contributed by atoms with Gasteiger partial charge >= 0.3 is 0 Å². The van der Waals surface area contributed by atoms with Crippen LogP contribution in [-0.4, -0.2) is 36.2 Å². The number of oxime groups is 1. The summed E-state index contributed by atoms with van der Waals surface area (Å²) in [5.74, 6) is 1.54. The van der Waals surface area contributed by atoms with Gasteiger partial charge in [-0.25, -0.2) is 0 Å². The summed E-state index contributed by atoms with van der Waals surface area (Å²) in [6, 6.07) is 5.61. The molecule has 1 heterocycles. The zero-order valence-electron chi connectivity index (χ0n) is 10.3. The van der Waals surface area contributed by atoms with E-state index in [-0.39, 0.29) is 11.9 Å². The van der Waals surface area contributed by atoms with Crippen molar-refractivity contribution in [2.24, 2.45) is 10.9 Å². The molecule has 6 nitrogen and oxygen atoms in total. The molecule has 0 fully saturated rings. The van der Waals surface area contributed by atoms with Gasteiger partial charge < -0.3 is 20.6 Å². The Labute approximate surface area is 101 Å². The van der Waals surface area contributed by atoms with E-state index < -0.39 is 0 Å². The van der Waals surface area contributed by atoms with Gasteiger partial charge in [0.1, 0.15) is 11.7 Å². The van der Waals surface area contributed by atoms with Gasteiger partial charge in [-0.15, -0.1) is 0 Å². The first-order valence-corrected chi connectivity index (χ1v) is 5.28. The Morgan fingerprint density at radius 2 is 2.35 bits per heavy atom. The van der Waals surface area contributed by atoms with Crippen molar-refractivity contribution in [1.82, 2.24) is 4.98 Å². The molecule has 1 rings (SSSR count). The highest BCUT2D eigenvalue weighted by molar-refractivity contribution is 5.80. The Kier molecular flexibility index (Phi) is 4.56. The normalized spacial score (nSPS) is 13.2. The van der Waals surface area contributed by atoms with E-state index in [0.29, 0.717) is 12.3 Å². The lowest BCUT2D eigenvalue weighted by Gasteiger charge is -2.25. The molecular weight excluding hydrogens is 220 g/mol. The molecule has 0 saturated carbocycles. The fourth-order valence-electron chi connectivity index (χ4n) is 1.42. The van der Waals surface area contributed by atoms with E-state index >= 15 is 0 Å². The molecule has 0 spiro atoms. The maximum atomic E-state index is 8.53. The van der Waals surface area contributed by atoms with Crippen LogP contribution in [-0.2, 0) is 0 Å². The molecule has 0 radical (unpaired) electrons. The molecule has 0 aliphatic carbocycles. The lowest BCUT2D eigenvalue weighted by molar-refractivity contribution is 0.316. The van der Waals surface area contributed by atoms with Crippen molar-refractivity contribution < 1.29 is 9.94 Å². The zero-order chi connectivity index (χ0) is 12.8. The monoisotopic (exact) mass is 238 g/mol. The molecule has 0 aliphatic rings. The van der Waals surface area contributed by atoms with Gasteiger partial charge in [0.15, 0.2) is 0 Å². The van der Waals surface area contributed by atoms with E-state index in [0.717, 1.165) is 5.82 Å². The largest absolute Gasteiger partial charge is 0.481 e. The van der Waals surface area contributed by atoms with Gasteiger partial charge in [-0.05, 0) is 13.0 Å². The topological polar surface area (TPSA) is 84.0 Å². The summed E-state index contributed by atoms with van der Waals surface area (Å²) in [4.78, 5) is 6.25. The second-order valence-corrected chi connectivity index (χ2v) is 3.79. The van der Waals surface area contributed by atoms with Crippen LogP contribution in [0.3, 0.4) is 0 Å². The number of pyridine rings is 1. The second kappa shape index (κ2) is 5.93. The molecule has 0 bridgehead atoms. The first kappa shape index (κ1) is 13.1. The molecule has 0 aromatic carbocycles. The summed E-state index contributed by atoms with van der Waals surface area (Å²) >= 11 is 0. The number of amidine groups is 1. The second-order valence-electron chi connectivity index (χ2n) is 3.79. The van der Waals surface area contributed by atoms with Crippen LogP contribution in [0.1, 0.15) is 13.3 Å². The molecule has 0 saturated heterocycles. The Morgan fingerprint density at radius 1 is 1.65 bits per heavy atom. The average Bonchev–Trinajstić information content (AvgIpc) is 2.37. The lowest BCUT2D eigenvalue weighted by Crippen LogP contribution is -2.33. The van der Waals surface area contributed by atoms with E-state index in [1.807, 2.05) is 31.0 Å². The van der Waals surface area contributed by atoms with E-state index in [4.69, 9.17) is 15.7 Å². The predicted octanol–water partition coefficient (Wildman–Crippen LogP) is 1.05. The van der Waals surface area contributed by atoms with Crippen LogP contribution in [0, 0.1) is 0 Å². The van der Waals surface area contributed by atoms with E-state index in [2.05, 4.69) is 10.1 Å². The highest BCUT2D eigenvalue weighted by atomic mass is 16.5. The minimum Gasteiger partial charge on any atom is -0.481 e. The standard InChI is InChI=1S/C11H18N4O2/c1-8(7-9(12)14-16)15(2)10-5-4-6-11(13-10)17-3/h4-6,8,16H,7H2,1-3H3,(H2,12,14). The van der Waals surface area contributed by atoms with Crippen molar-refractivity contribution in [3.05, 3.63) is 18.2 Å². The molecule has 1 unspecified atom stereocenters. The van der Waals surface area contributed by atoms with Crippen molar-refractivity contribution in [3.8, 4) is 5.88 Å². The van der Waals surface area contributed by atoms with E-state index in [1.165, 1.54) is 0 Å². The smallest absolute Gasteiger partial charge is 0.214 e. The quantitative estimate of drug-likeness (QED) is 0.347. The van der Waals surface area contributed by atoms with E-state index in [1.54, 1.807) is 13.2 Å². The summed E-state index contributed by atoms with van der Waals surface area (Å²) in [6.07, 6.45) is 0.464. The summed E-state index contributed by atoms with van der Waals surface area (Å²) in [7, 11) is 3.48. The van der Waals surface area contributed by atoms with Crippen LogP contribution in [0.15, 0.2) is 23.4 Å². The highest BCUT2D eigenvalue weighted by Gasteiger charge is 2.13. The van der Waals surface area contributed by atoms with Gasteiger partial charge in [0.05, 0.1) is 7.11 Å². The van der Waals surface area contributed by atoms with Crippen molar-refractivity contribution in [2.75, 3.05) is 19.1 Å². The minimum absolute atomic E-state index is 0.0745. The molecule has 1 atom stereocenters. The number of anilines is 1. The van der Waals surface area contributed by atoms with Crippen LogP contribution in [0.4, 0.5) is 5.82 Å². The number of methoxy groups -OCH3 is 1. The van der Waals surface area contributed by atoms with Gasteiger partial charge in [-0.2, -0.15) is 4.98 Å². The fraction of sp³-hybridized carbons (Fsp3) is 0.455. The molecule has 0 amide bonds. The summed E-state index contributed by atoms with van der Waals surface area (Å²) in [5, 5.41) is 11.5. The summed E-state index contributed by atoms with van der Waals surface area (Å²) in [5.41, 5.74) is 5.47. The Hall–Kier alpha value is -1.98. The van der Waals surface area contributed by atoms with Crippen molar-refractivity contribution in [3.63, 3.8) is 0 Å². The third-order valence-electron chi connectivity index (χ3n) is 2.57. The third kappa shape index (κ3) is 3.51. The molecule has 3 N–H and O–H groups in total. The average molecular weight is 238 g/mol. The molecule has 6 heteroatoms. The van der Waals surface area contributed by atoms with E-state index in [9.17, 15) is 0 Å². The molecule has 17 heavy (non-hydrogen) atoms. The highest BCUT2D eigenvalue weighted by Crippen LogP contribution is 2.17. The van der Waals surface area contributed by atoms with Gasteiger partial charge in [-0.3, -0.25) is 0 Å². The predicted molar refractivity (Wildman–Crippen MR) is 66.7 cm³/mol. The van der Waals surface area contributed by atoms with Crippen LogP contribution in [0.25, 0.3) is 0 Å². The lowest BCUT2D eigenvalue weighted by atomic mass is 10.2. The molecule has 0 aliphatic heterocycles.